The van der Waals surface area contributed by atoms with Crippen molar-refractivity contribution in [1.82, 2.24) is 19.4 Å². The van der Waals surface area contributed by atoms with Crippen molar-refractivity contribution in [3.05, 3.63) is 72.8 Å². The molecule has 0 saturated carbocycles. The van der Waals surface area contributed by atoms with Gasteiger partial charge in [0, 0.05) is 44.0 Å². The van der Waals surface area contributed by atoms with Gasteiger partial charge in [-0.15, -0.1) is 0 Å². The molecule has 1 aromatic carbocycles. The normalized spacial score (nSPS) is 25.6. The Morgan fingerprint density at radius 2 is 1.58 bits per heavy atom. The summed E-state index contributed by atoms with van der Waals surface area (Å²) < 4.78 is 1.98. The molecule has 132 valence electrons. The van der Waals surface area contributed by atoms with Crippen LogP contribution in [0.1, 0.15) is 11.6 Å². The standard InChI is InChI=1S/C21H23N5/c1-24-13-17-14-26(15-18(17)21(24)16-7-3-2-4-8-16)20-12-22-19(11-23-20)25-9-5-6-10-25/h2-12,17-18,21H,13-15H2,1H3. The number of fused-ring (bicyclic) bond motifs is 1. The Bertz CT molecular complexity index is 859. The number of aromatic nitrogens is 3. The molecule has 0 N–H and O–H groups in total. The van der Waals surface area contributed by atoms with Crippen molar-refractivity contribution in [3.63, 3.8) is 0 Å². The summed E-state index contributed by atoms with van der Waals surface area (Å²) >= 11 is 0. The van der Waals surface area contributed by atoms with E-state index in [-0.39, 0.29) is 0 Å². The van der Waals surface area contributed by atoms with E-state index >= 15 is 0 Å². The molecule has 0 bridgehead atoms. The molecule has 0 spiro atoms. The van der Waals surface area contributed by atoms with Crippen LogP contribution < -0.4 is 4.90 Å². The van der Waals surface area contributed by atoms with E-state index in [4.69, 9.17) is 0 Å². The molecular weight excluding hydrogens is 322 g/mol. The SMILES string of the molecule is CN1CC2CN(c3cnc(-n4cccc4)cn3)CC2C1c1ccccc1. The van der Waals surface area contributed by atoms with Crippen molar-refractivity contribution in [2.75, 3.05) is 31.6 Å². The fourth-order valence-corrected chi connectivity index (χ4v) is 4.69. The number of benzene rings is 1. The maximum absolute atomic E-state index is 4.69. The van der Waals surface area contributed by atoms with Crippen molar-refractivity contribution in [1.29, 1.82) is 0 Å². The molecule has 2 aliphatic rings. The summed E-state index contributed by atoms with van der Waals surface area (Å²) in [5, 5.41) is 0. The minimum Gasteiger partial charge on any atom is -0.355 e. The molecule has 2 aromatic heterocycles. The van der Waals surface area contributed by atoms with Crippen LogP contribution in [-0.4, -0.2) is 46.1 Å². The number of rotatable bonds is 3. The number of hydrogen-bond acceptors (Lipinski definition) is 4. The highest BCUT2D eigenvalue weighted by atomic mass is 15.3. The monoisotopic (exact) mass is 345 g/mol. The number of nitrogens with zero attached hydrogens (tertiary/aromatic N) is 5. The van der Waals surface area contributed by atoms with E-state index in [9.17, 15) is 0 Å². The molecule has 2 fully saturated rings. The Labute approximate surface area is 153 Å². The minimum atomic E-state index is 0.498. The van der Waals surface area contributed by atoms with E-state index in [1.165, 1.54) is 5.56 Å². The molecule has 5 heteroatoms. The highest BCUT2D eigenvalue weighted by molar-refractivity contribution is 5.41. The van der Waals surface area contributed by atoms with Gasteiger partial charge in [0.15, 0.2) is 5.82 Å². The van der Waals surface area contributed by atoms with Crippen LogP contribution in [-0.2, 0) is 0 Å². The third kappa shape index (κ3) is 2.59. The number of hydrogen-bond donors (Lipinski definition) is 0. The predicted octanol–water partition coefficient (Wildman–Crippen LogP) is 3.01. The molecule has 26 heavy (non-hydrogen) atoms. The lowest BCUT2D eigenvalue weighted by molar-refractivity contribution is 0.279. The second-order valence-electron chi connectivity index (χ2n) is 7.45. The minimum absolute atomic E-state index is 0.498. The van der Waals surface area contributed by atoms with Crippen molar-refractivity contribution < 1.29 is 0 Å². The first-order chi connectivity index (χ1) is 12.8. The Hall–Kier alpha value is -2.66. The van der Waals surface area contributed by atoms with Crippen molar-refractivity contribution >= 4 is 5.82 Å². The van der Waals surface area contributed by atoms with E-state index in [0.29, 0.717) is 17.9 Å². The Morgan fingerprint density at radius 3 is 2.31 bits per heavy atom. The Morgan fingerprint density at radius 1 is 0.846 bits per heavy atom. The molecule has 5 rings (SSSR count). The fourth-order valence-electron chi connectivity index (χ4n) is 4.69. The van der Waals surface area contributed by atoms with Crippen LogP contribution in [0.15, 0.2) is 67.3 Å². The fraction of sp³-hybridized carbons (Fsp3) is 0.333. The molecule has 3 aromatic rings. The molecule has 2 saturated heterocycles. The molecule has 4 heterocycles. The van der Waals surface area contributed by atoms with Crippen LogP contribution in [0.25, 0.3) is 5.82 Å². The largest absolute Gasteiger partial charge is 0.355 e. The van der Waals surface area contributed by atoms with Gasteiger partial charge in [0.05, 0.1) is 12.4 Å². The van der Waals surface area contributed by atoms with Crippen molar-refractivity contribution in [2.45, 2.75) is 6.04 Å². The van der Waals surface area contributed by atoms with Gasteiger partial charge in [-0.3, -0.25) is 4.90 Å². The maximum Gasteiger partial charge on any atom is 0.155 e. The van der Waals surface area contributed by atoms with Crippen LogP contribution in [0.4, 0.5) is 5.82 Å². The van der Waals surface area contributed by atoms with Crippen molar-refractivity contribution in [2.24, 2.45) is 11.8 Å². The lowest BCUT2D eigenvalue weighted by atomic mass is 9.90. The second kappa shape index (κ2) is 6.25. The summed E-state index contributed by atoms with van der Waals surface area (Å²) in [4.78, 5) is 14.2. The summed E-state index contributed by atoms with van der Waals surface area (Å²) in [5.74, 6) is 3.19. The molecule has 3 atom stereocenters. The molecule has 0 radical (unpaired) electrons. The van der Waals surface area contributed by atoms with Gasteiger partial charge < -0.3 is 9.47 Å². The summed E-state index contributed by atoms with van der Waals surface area (Å²) in [7, 11) is 2.26. The third-order valence-electron chi connectivity index (χ3n) is 5.85. The highest BCUT2D eigenvalue weighted by Gasteiger charge is 2.46. The zero-order chi connectivity index (χ0) is 17.5. The van der Waals surface area contributed by atoms with Gasteiger partial charge in [-0.2, -0.15) is 0 Å². The summed E-state index contributed by atoms with van der Waals surface area (Å²) in [6.07, 6.45) is 7.76. The summed E-state index contributed by atoms with van der Waals surface area (Å²) in [6, 6.07) is 15.4. The highest BCUT2D eigenvalue weighted by Crippen LogP contribution is 2.44. The number of likely N-dealkylation sites (tertiary alicyclic amines) is 1. The van der Waals surface area contributed by atoms with Gasteiger partial charge in [-0.1, -0.05) is 30.3 Å². The first kappa shape index (κ1) is 15.6. The van der Waals surface area contributed by atoms with Gasteiger partial charge >= 0.3 is 0 Å². The lowest BCUT2D eigenvalue weighted by Crippen LogP contribution is -2.29. The zero-order valence-electron chi connectivity index (χ0n) is 14.9. The Kier molecular flexibility index (Phi) is 3.75. The molecule has 5 nitrogen and oxygen atoms in total. The van der Waals surface area contributed by atoms with Gasteiger partial charge in [-0.05, 0) is 30.7 Å². The lowest BCUT2D eigenvalue weighted by Gasteiger charge is -2.27. The quantitative estimate of drug-likeness (QED) is 0.731. The zero-order valence-corrected chi connectivity index (χ0v) is 14.9. The van der Waals surface area contributed by atoms with E-state index in [2.05, 4.69) is 57.1 Å². The summed E-state index contributed by atoms with van der Waals surface area (Å²) in [6.45, 7) is 3.26. The molecule has 0 amide bonds. The molecule has 0 aliphatic carbocycles. The third-order valence-corrected chi connectivity index (χ3v) is 5.85. The average molecular weight is 345 g/mol. The van der Waals surface area contributed by atoms with E-state index in [1.54, 1.807) is 0 Å². The van der Waals surface area contributed by atoms with E-state index in [1.807, 2.05) is 41.5 Å². The molecule has 3 unspecified atom stereocenters. The van der Waals surface area contributed by atoms with E-state index in [0.717, 1.165) is 31.3 Å². The van der Waals surface area contributed by atoms with Gasteiger partial charge in [0.1, 0.15) is 5.82 Å². The smallest absolute Gasteiger partial charge is 0.155 e. The van der Waals surface area contributed by atoms with Crippen molar-refractivity contribution in [3.8, 4) is 5.82 Å². The topological polar surface area (TPSA) is 37.2 Å². The average Bonchev–Trinajstić information content (AvgIpc) is 3.39. The molecule has 2 aliphatic heterocycles. The Balaban J connectivity index is 1.36. The predicted molar refractivity (Wildman–Crippen MR) is 102 cm³/mol. The van der Waals surface area contributed by atoms with Gasteiger partial charge in [0.25, 0.3) is 0 Å². The molecular formula is C21H23N5. The first-order valence-electron chi connectivity index (χ1n) is 9.25. The number of anilines is 1. The van der Waals surface area contributed by atoms with Crippen LogP contribution in [0.3, 0.4) is 0 Å². The maximum atomic E-state index is 4.69. The van der Waals surface area contributed by atoms with Crippen LogP contribution in [0.2, 0.25) is 0 Å². The van der Waals surface area contributed by atoms with Crippen LogP contribution in [0, 0.1) is 11.8 Å². The van der Waals surface area contributed by atoms with Crippen LogP contribution in [0.5, 0.6) is 0 Å². The van der Waals surface area contributed by atoms with Gasteiger partial charge in [-0.25, -0.2) is 9.97 Å². The van der Waals surface area contributed by atoms with Gasteiger partial charge in [0.2, 0.25) is 0 Å². The van der Waals surface area contributed by atoms with Crippen LogP contribution >= 0.6 is 0 Å². The van der Waals surface area contributed by atoms with E-state index < -0.39 is 0 Å². The summed E-state index contributed by atoms with van der Waals surface area (Å²) in [5.41, 5.74) is 1.43. The second-order valence-corrected chi connectivity index (χ2v) is 7.45. The first-order valence-corrected chi connectivity index (χ1v) is 9.25.